The first-order valence-corrected chi connectivity index (χ1v) is 6.19. The minimum atomic E-state index is -0.561. The van der Waals surface area contributed by atoms with E-state index in [-0.39, 0.29) is 12.1 Å². The fourth-order valence-electron chi connectivity index (χ4n) is 2.01. The topological polar surface area (TPSA) is 24.9 Å². The van der Waals surface area contributed by atoms with Crippen LogP contribution in [0.3, 0.4) is 0 Å². The Bertz CT molecular complexity index is 523. The summed E-state index contributed by atoms with van der Waals surface area (Å²) in [6.45, 7) is 3.84. The minimum Gasteiger partial charge on any atom is -0.302 e. The standard InChI is InChI=1S/C15H16F2N2/c1-10(12-7-13(16)9-14(17)8-12)19-11(2)15-5-3-4-6-18-15/h3-11,19H,1-2H3. The Morgan fingerprint density at radius 1 is 1.00 bits per heavy atom. The van der Waals surface area contributed by atoms with E-state index in [9.17, 15) is 8.78 Å². The molecule has 0 saturated heterocycles. The molecule has 0 aliphatic rings. The summed E-state index contributed by atoms with van der Waals surface area (Å²) in [6.07, 6.45) is 1.72. The highest BCUT2D eigenvalue weighted by atomic mass is 19.1. The molecule has 0 bridgehead atoms. The first-order valence-electron chi connectivity index (χ1n) is 6.19. The van der Waals surface area contributed by atoms with Gasteiger partial charge in [0.2, 0.25) is 0 Å². The van der Waals surface area contributed by atoms with E-state index in [0.29, 0.717) is 5.56 Å². The fourth-order valence-corrected chi connectivity index (χ4v) is 2.01. The summed E-state index contributed by atoms with van der Waals surface area (Å²) in [5.74, 6) is -1.12. The van der Waals surface area contributed by atoms with Crippen molar-refractivity contribution >= 4 is 0 Å². The number of halogens is 2. The number of hydrogen-bond donors (Lipinski definition) is 1. The summed E-state index contributed by atoms with van der Waals surface area (Å²) >= 11 is 0. The van der Waals surface area contributed by atoms with Crippen molar-refractivity contribution in [2.75, 3.05) is 0 Å². The summed E-state index contributed by atoms with van der Waals surface area (Å²) < 4.78 is 26.3. The van der Waals surface area contributed by atoms with Crippen LogP contribution in [0, 0.1) is 11.6 Å². The lowest BCUT2D eigenvalue weighted by molar-refractivity contribution is 0.480. The van der Waals surface area contributed by atoms with Crippen LogP contribution in [-0.2, 0) is 0 Å². The van der Waals surface area contributed by atoms with Gasteiger partial charge in [-0.2, -0.15) is 0 Å². The second kappa shape index (κ2) is 5.89. The molecule has 2 unspecified atom stereocenters. The van der Waals surface area contributed by atoms with E-state index in [4.69, 9.17) is 0 Å². The zero-order valence-corrected chi connectivity index (χ0v) is 10.9. The fraction of sp³-hybridized carbons (Fsp3) is 0.267. The second-order valence-corrected chi connectivity index (χ2v) is 4.57. The summed E-state index contributed by atoms with van der Waals surface area (Å²) in [7, 11) is 0. The van der Waals surface area contributed by atoms with Crippen molar-refractivity contribution in [2.24, 2.45) is 0 Å². The van der Waals surface area contributed by atoms with Gasteiger partial charge in [0, 0.05) is 24.3 Å². The van der Waals surface area contributed by atoms with Crippen LogP contribution in [0.1, 0.15) is 37.2 Å². The largest absolute Gasteiger partial charge is 0.302 e. The molecule has 1 aromatic carbocycles. The Balaban J connectivity index is 2.10. The number of hydrogen-bond acceptors (Lipinski definition) is 2. The highest BCUT2D eigenvalue weighted by Gasteiger charge is 2.13. The molecule has 1 N–H and O–H groups in total. The third-order valence-corrected chi connectivity index (χ3v) is 3.02. The van der Waals surface area contributed by atoms with Crippen molar-refractivity contribution in [1.29, 1.82) is 0 Å². The molecular weight excluding hydrogens is 246 g/mol. The van der Waals surface area contributed by atoms with Crippen LogP contribution < -0.4 is 5.32 Å². The van der Waals surface area contributed by atoms with Crippen LogP contribution in [0.5, 0.6) is 0 Å². The number of nitrogens with zero attached hydrogens (tertiary/aromatic N) is 1. The molecule has 2 rings (SSSR count). The van der Waals surface area contributed by atoms with E-state index in [2.05, 4.69) is 10.3 Å². The summed E-state index contributed by atoms with van der Waals surface area (Å²) in [4.78, 5) is 4.25. The predicted octanol–water partition coefficient (Wildman–Crippen LogP) is 3.77. The monoisotopic (exact) mass is 262 g/mol. The van der Waals surface area contributed by atoms with Crippen molar-refractivity contribution in [3.63, 3.8) is 0 Å². The van der Waals surface area contributed by atoms with E-state index in [0.717, 1.165) is 11.8 Å². The number of pyridine rings is 1. The van der Waals surface area contributed by atoms with Crippen LogP contribution in [0.4, 0.5) is 8.78 Å². The van der Waals surface area contributed by atoms with Gasteiger partial charge in [-0.1, -0.05) is 6.07 Å². The first kappa shape index (κ1) is 13.6. The number of rotatable bonds is 4. The molecule has 0 saturated carbocycles. The molecule has 0 aliphatic carbocycles. The summed E-state index contributed by atoms with van der Waals surface area (Å²) in [5.41, 5.74) is 1.48. The molecule has 1 aromatic heterocycles. The quantitative estimate of drug-likeness (QED) is 0.907. The van der Waals surface area contributed by atoms with E-state index in [1.165, 1.54) is 12.1 Å². The van der Waals surface area contributed by atoms with Gasteiger partial charge in [-0.15, -0.1) is 0 Å². The normalized spacial score (nSPS) is 14.1. The molecular formula is C15H16F2N2. The third kappa shape index (κ3) is 3.58. The van der Waals surface area contributed by atoms with Gasteiger partial charge < -0.3 is 5.32 Å². The molecule has 19 heavy (non-hydrogen) atoms. The lowest BCUT2D eigenvalue weighted by Crippen LogP contribution is -2.23. The maximum atomic E-state index is 13.2. The minimum absolute atomic E-state index is 0.00234. The van der Waals surface area contributed by atoms with Gasteiger partial charge in [0.05, 0.1) is 5.69 Å². The molecule has 2 nitrogen and oxygen atoms in total. The molecule has 4 heteroatoms. The summed E-state index contributed by atoms with van der Waals surface area (Å²) in [5, 5.41) is 3.27. The van der Waals surface area contributed by atoms with Crippen molar-refractivity contribution in [3.8, 4) is 0 Å². The Kier molecular flexibility index (Phi) is 4.22. The highest BCUT2D eigenvalue weighted by molar-refractivity contribution is 5.21. The molecule has 2 aromatic rings. The van der Waals surface area contributed by atoms with Crippen LogP contribution >= 0.6 is 0 Å². The van der Waals surface area contributed by atoms with Gasteiger partial charge in [0.25, 0.3) is 0 Å². The van der Waals surface area contributed by atoms with Crippen molar-refractivity contribution in [1.82, 2.24) is 10.3 Å². The van der Waals surface area contributed by atoms with Gasteiger partial charge in [0.15, 0.2) is 0 Å². The number of benzene rings is 1. The molecule has 2 atom stereocenters. The smallest absolute Gasteiger partial charge is 0.126 e. The average Bonchev–Trinajstić information content (AvgIpc) is 2.38. The van der Waals surface area contributed by atoms with Gasteiger partial charge >= 0.3 is 0 Å². The van der Waals surface area contributed by atoms with Crippen molar-refractivity contribution in [3.05, 3.63) is 65.5 Å². The first-order chi connectivity index (χ1) is 9.06. The average molecular weight is 262 g/mol. The lowest BCUT2D eigenvalue weighted by Gasteiger charge is -2.20. The van der Waals surface area contributed by atoms with Crippen LogP contribution in [0.25, 0.3) is 0 Å². The molecule has 0 spiro atoms. The molecule has 0 fully saturated rings. The van der Waals surface area contributed by atoms with E-state index in [1.807, 2.05) is 32.0 Å². The molecule has 0 aliphatic heterocycles. The summed E-state index contributed by atoms with van der Waals surface area (Å²) in [6, 6.07) is 9.06. The number of nitrogens with one attached hydrogen (secondary N) is 1. The van der Waals surface area contributed by atoms with Crippen LogP contribution in [0.2, 0.25) is 0 Å². The SMILES string of the molecule is CC(NC(C)c1ccccn1)c1cc(F)cc(F)c1. The molecule has 100 valence electrons. The van der Waals surface area contributed by atoms with E-state index >= 15 is 0 Å². The van der Waals surface area contributed by atoms with Crippen molar-refractivity contribution < 1.29 is 8.78 Å². The lowest BCUT2D eigenvalue weighted by atomic mass is 10.1. The Hall–Kier alpha value is -1.81. The molecule has 0 radical (unpaired) electrons. The van der Waals surface area contributed by atoms with Gasteiger partial charge in [-0.25, -0.2) is 8.78 Å². The van der Waals surface area contributed by atoms with Crippen LogP contribution in [0.15, 0.2) is 42.6 Å². The van der Waals surface area contributed by atoms with E-state index in [1.54, 1.807) is 6.20 Å². The zero-order valence-electron chi connectivity index (χ0n) is 10.9. The predicted molar refractivity (Wildman–Crippen MR) is 70.6 cm³/mol. The Labute approximate surface area is 111 Å². The zero-order chi connectivity index (χ0) is 13.8. The number of aromatic nitrogens is 1. The van der Waals surface area contributed by atoms with Crippen LogP contribution in [-0.4, -0.2) is 4.98 Å². The van der Waals surface area contributed by atoms with E-state index < -0.39 is 11.6 Å². The van der Waals surface area contributed by atoms with Gasteiger partial charge in [-0.05, 0) is 43.7 Å². The maximum Gasteiger partial charge on any atom is 0.126 e. The van der Waals surface area contributed by atoms with Gasteiger partial charge in [-0.3, -0.25) is 4.98 Å². The Morgan fingerprint density at radius 3 is 2.26 bits per heavy atom. The van der Waals surface area contributed by atoms with Crippen molar-refractivity contribution in [2.45, 2.75) is 25.9 Å². The molecule has 0 amide bonds. The molecule has 1 heterocycles. The van der Waals surface area contributed by atoms with Gasteiger partial charge in [0.1, 0.15) is 11.6 Å². The highest BCUT2D eigenvalue weighted by Crippen LogP contribution is 2.19. The maximum absolute atomic E-state index is 13.2. The third-order valence-electron chi connectivity index (χ3n) is 3.02. The second-order valence-electron chi connectivity index (χ2n) is 4.57. The Morgan fingerprint density at radius 2 is 1.68 bits per heavy atom.